The van der Waals surface area contributed by atoms with E-state index < -0.39 is 29.7 Å². The van der Waals surface area contributed by atoms with Crippen LogP contribution >= 0.6 is 15.9 Å². The lowest BCUT2D eigenvalue weighted by Gasteiger charge is -2.37. The maximum absolute atomic E-state index is 13.1. The summed E-state index contributed by atoms with van der Waals surface area (Å²) in [5.41, 5.74) is 3.01. The fourth-order valence-corrected chi connectivity index (χ4v) is 6.56. The second-order valence-electron chi connectivity index (χ2n) is 11.5. The molecular weight excluding hydrogens is 632 g/mol. The van der Waals surface area contributed by atoms with E-state index in [1.165, 1.54) is 22.4 Å². The van der Waals surface area contributed by atoms with Gasteiger partial charge in [0.2, 0.25) is 11.8 Å². The van der Waals surface area contributed by atoms with E-state index in [2.05, 4.69) is 55.7 Å². The van der Waals surface area contributed by atoms with Gasteiger partial charge in [-0.3, -0.25) is 34.2 Å². The zero-order valence-corrected chi connectivity index (χ0v) is 25.8. The molecule has 1 aromatic heterocycles. The third kappa shape index (κ3) is 5.76. The summed E-state index contributed by atoms with van der Waals surface area (Å²) in [4.78, 5) is 65.3. The number of carbonyl (C=O) groups is 4. The van der Waals surface area contributed by atoms with Crippen LogP contribution in [-0.2, 0) is 23.2 Å². The van der Waals surface area contributed by atoms with Crippen LogP contribution in [0.15, 0.2) is 57.9 Å². The Kier molecular flexibility index (Phi) is 8.08. The molecule has 3 aliphatic heterocycles. The van der Waals surface area contributed by atoms with Gasteiger partial charge in [-0.2, -0.15) is 5.10 Å². The highest BCUT2D eigenvalue weighted by Crippen LogP contribution is 2.32. The summed E-state index contributed by atoms with van der Waals surface area (Å²) in [6.45, 7) is 2.00. The smallest absolute Gasteiger partial charge is 0.282 e. The molecule has 2 saturated heterocycles. The fourth-order valence-electron chi connectivity index (χ4n) is 6.09. The molecule has 4 heterocycles. The van der Waals surface area contributed by atoms with Crippen LogP contribution in [0, 0.1) is 0 Å². The summed E-state index contributed by atoms with van der Waals surface area (Å²) in [7, 11) is 3.70. The minimum atomic E-state index is -1.01. The first-order chi connectivity index (χ1) is 21.1. The Balaban J connectivity index is 1.08. The highest BCUT2D eigenvalue weighted by atomic mass is 79.9. The Labute approximate surface area is 261 Å². The van der Waals surface area contributed by atoms with Crippen LogP contribution in [-0.4, -0.2) is 75.4 Å². The van der Waals surface area contributed by atoms with Crippen molar-refractivity contribution in [2.75, 3.05) is 25.5 Å². The van der Waals surface area contributed by atoms with Crippen molar-refractivity contribution < 1.29 is 23.9 Å². The van der Waals surface area contributed by atoms with E-state index in [4.69, 9.17) is 4.74 Å². The van der Waals surface area contributed by atoms with Crippen LogP contribution in [0.4, 0.5) is 5.69 Å². The van der Waals surface area contributed by atoms with E-state index in [0.29, 0.717) is 15.9 Å². The number of likely N-dealkylation sites (N-methyl/N-ethyl adjacent to an activating group) is 1. The molecule has 4 amide bonds. The second kappa shape index (κ2) is 12.0. The number of benzene rings is 2. The van der Waals surface area contributed by atoms with Gasteiger partial charge in [-0.15, -0.1) is 0 Å². The van der Waals surface area contributed by atoms with Crippen molar-refractivity contribution in [3.8, 4) is 5.75 Å². The number of nitrogens with zero attached hydrogens (tertiary/aromatic N) is 4. The zero-order chi connectivity index (χ0) is 31.1. The zero-order valence-electron chi connectivity index (χ0n) is 24.2. The molecule has 3 atom stereocenters. The summed E-state index contributed by atoms with van der Waals surface area (Å²) in [6, 6.07) is 12.0. The van der Waals surface area contributed by atoms with Crippen LogP contribution in [0.1, 0.15) is 57.0 Å². The minimum absolute atomic E-state index is 0.0671. The molecule has 0 bridgehead atoms. The third-order valence-electron chi connectivity index (χ3n) is 8.34. The first-order valence-corrected chi connectivity index (χ1v) is 15.1. The molecule has 2 fully saturated rings. The number of ether oxygens (including phenoxy) is 1. The Bertz CT molecular complexity index is 1720. The largest absolute Gasteiger partial charge is 0.489 e. The molecule has 2 aromatic carbocycles. The monoisotopic (exact) mass is 662 g/mol. The maximum Gasteiger partial charge on any atom is 0.282 e. The van der Waals surface area contributed by atoms with Gasteiger partial charge < -0.3 is 15.0 Å². The molecule has 3 aromatic rings. The normalized spacial score (nSPS) is 22.2. The molecule has 0 aliphatic carbocycles. The van der Waals surface area contributed by atoms with Crippen molar-refractivity contribution in [2.45, 2.75) is 43.9 Å². The number of hydrogen-bond donors (Lipinski definition) is 2. The fraction of sp³-hybridized carbons (Fsp3) is 0.355. The number of rotatable bonds is 7. The van der Waals surface area contributed by atoms with Gasteiger partial charge >= 0.3 is 0 Å². The molecular formula is C31H31BrN6O6. The minimum Gasteiger partial charge on any atom is -0.489 e. The molecule has 0 spiro atoms. The number of piperidine rings is 2. The molecule has 12 nitrogen and oxygen atoms in total. The first kappa shape index (κ1) is 29.7. The van der Waals surface area contributed by atoms with Crippen LogP contribution in [0.25, 0.3) is 0 Å². The summed E-state index contributed by atoms with van der Waals surface area (Å²) in [6.07, 6.45) is 2.72. The molecule has 0 saturated carbocycles. The Morgan fingerprint density at radius 3 is 2.50 bits per heavy atom. The van der Waals surface area contributed by atoms with Crippen molar-refractivity contribution in [3.63, 3.8) is 0 Å². The average Bonchev–Trinajstić information content (AvgIpc) is 3.25. The first-order valence-electron chi connectivity index (χ1n) is 14.3. The van der Waals surface area contributed by atoms with Crippen molar-refractivity contribution in [1.29, 1.82) is 0 Å². The van der Waals surface area contributed by atoms with E-state index in [0.717, 1.165) is 30.0 Å². The Morgan fingerprint density at radius 2 is 1.75 bits per heavy atom. The number of aromatic nitrogens is 2. The molecule has 6 rings (SSSR count). The van der Waals surface area contributed by atoms with Crippen LogP contribution in [0.5, 0.6) is 5.75 Å². The van der Waals surface area contributed by atoms with E-state index in [1.54, 1.807) is 19.3 Å². The van der Waals surface area contributed by atoms with Gasteiger partial charge in [0.05, 0.1) is 23.0 Å². The number of nitrogens with one attached hydrogen (secondary N) is 2. The van der Waals surface area contributed by atoms with E-state index in [-0.39, 0.29) is 48.1 Å². The van der Waals surface area contributed by atoms with Crippen molar-refractivity contribution >= 4 is 45.2 Å². The molecule has 2 N–H and O–H groups in total. The molecule has 13 heteroatoms. The van der Waals surface area contributed by atoms with Gasteiger partial charge in [-0.1, -0.05) is 24.3 Å². The number of halogens is 1. The van der Waals surface area contributed by atoms with Gasteiger partial charge in [0.25, 0.3) is 17.4 Å². The molecule has 0 radical (unpaired) electrons. The topological polar surface area (TPSA) is 143 Å². The predicted octanol–water partition coefficient (Wildman–Crippen LogP) is 2.42. The molecule has 1 unspecified atom stereocenters. The van der Waals surface area contributed by atoms with E-state index in [1.807, 2.05) is 12.1 Å². The van der Waals surface area contributed by atoms with Crippen molar-refractivity contribution in [1.82, 2.24) is 24.9 Å². The van der Waals surface area contributed by atoms with E-state index >= 15 is 0 Å². The number of imide groups is 2. The Hall–Kier alpha value is -4.36. The maximum atomic E-state index is 13.1. The lowest BCUT2D eigenvalue weighted by atomic mass is 9.88. The summed E-state index contributed by atoms with van der Waals surface area (Å²) < 4.78 is 7.73. The third-order valence-corrected chi connectivity index (χ3v) is 9.11. The van der Waals surface area contributed by atoms with E-state index in [9.17, 15) is 24.0 Å². The molecule has 3 aliphatic rings. The Morgan fingerprint density at radius 1 is 1.00 bits per heavy atom. The van der Waals surface area contributed by atoms with Gasteiger partial charge in [-0.05, 0) is 71.1 Å². The van der Waals surface area contributed by atoms with Crippen LogP contribution < -0.4 is 20.9 Å². The number of fused-ring (bicyclic) bond motifs is 1. The highest BCUT2D eigenvalue weighted by molar-refractivity contribution is 9.10. The lowest BCUT2D eigenvalue weighted by Crippen LogP contribution is -2.54. The van der Waals surface area contributed by atoms with Crippen molar-refractivity contribution in [2.24, 2.45) is 7.05 Å². The van der Waals surface area contributed by atoms with Gasteiger partial charge in [-0.25, -0.2) is 4.68 Å². The molecule has 44 heavy (non-hydrogen) atoms. The molecule has 228 valence electrons. The van der Waals surface area contributed by atoms with Crippen LogP contribution in [0.3, 0.4) is 0 Å². The lowest BCUT2D eigenvalue weighted by molar-refractivity contribution is -0.136. The summed E-state index contributed by atoms with van der Waals surface area (Å²) in [5.74, 6) is -1.47. The SMILES string of the molecule is CN1C[C@H](Nc2cnn(C)c(=O)c2Br)C[C@H](c2ccc(COc3ccc4c(c3)C(=O)N(C3CCC(=O)NC3=O)C4=O)cc2)C1. The van der Waals surface area contributed by atoms with Crippen molar-refractivity contribution in [3.05, 3.63) is 85.7 Å². The second-order valence-corrected chi connectivity index (χ2v) is 12.3. The number of carbonyl (C=O) groups excluding carboxylic acids is 4. The quantitative estimate of drug-likeness (QED) is 0.365. The summed E-state index contributed by atoms with van der Waals surface area (Å²) in [5, 5.41) is 9.81. The number of hydrogen-bond acceptors (Lipinski definition) is 9. The van der Waals surface area contributed by atoms with Crippen LogP contribution in [0.2, 0.25) is 0 Å². The standard InChI is InChI=1S/C31H31BrN6O6/c1-36-14-19(11-20(15-36)34-24-13-33-37(2)31(43)27(24)32)18-5-3-17(4-6-18)16-44-21-7-8-22-23(12-21)30(42)38(29(22)41)25-9-10-26(39)35-28(25)40/h3-8,12-13,19-20,25,34H,9-11,14-16H2,1-2H3,(H,35,39,40)/t19-,20+,25?/m0/s1. The number of anilines is 1. The van der Waals surface area contributed by atoms with Gasteiger partial charge in [0.15, 0.2) is 0 Å². The number of likely N-dealkylation sites (tertiary alicyclic amines) is 1. The number of aryl methyl sites for hydroxylation is 1. The summed E-state index contributed by atoms with van der Waals surface area (Å²) >= 11 is 3.40. The predicted molar refractivity (Wildman–Crippen MR) is 163 cm³/mol. The number of amides is 4. The van der Waals surface area contributed by atoms with Gasteiger partial charge in [0, 0.05) is 32.6 Å². The highest BCUT2D eigenvalue weighted by Gasteiger charge is 2.44. The van der Waals surface area contributed by atoms with Gasteiger partial charge in [0.1, 0.15) is 22.9 Å². The average molecular weight is 664 g/mol.